The van der Waals surface area contributed by atoms with Gasteiger partial charge in [0.2, 0.25) is 0 Å². The number of halogens is 2. The minimum Gasteiger partial charge on any atom is -0.361 e. The lowest BCUT2D eigenvalue weighted by Gasteiger charge is -2.03. The van der Waals surface area contributed by atoms with Crippen molar-refractivity contribution in [2.75, 3.05) is 5.32 Å². The smallest absolute Gasteiger partial charge is 0.361 e. The molecule has 13 heteroatoms. The van der Waals surface area contributed by atoms with E-state index in [0.717, 1.165) is 10.0 Å². The zero-order valence-electron chi connectivity index (χ0n) is 16.5. The van der Waals surface area contributed by atoms with Crippen LogP contribution in [0.4, 0.5) is 11.6 Å². The molecule has 0 spiro atoms. The average Bonchev–Trinajstić information content (AvgIpc) is 3.45. The molecule has 0 atom stereocenters. The highest BCUT2D eigenvalue weighted by Crippen LogP contribution is 2.23. The molecule has 32 heavy (non-hydrogen) atoms. The molecule has 164 valence electrons. The van der Waals surface area contributed by atoms with Gasteiger partial charge in [-0.1, -0.05) is 44.8 Å². The number of benzene rings is 1. The maximum atomic E-state index is 12.8. The van der Waals surface area contributed by atoms with Gasteiger partial charge in [-0.2, -0.15) is 9.78 Å². The van der Waals surface area contributed by atoms with Crippen LogP contribution in [0, 0.1) is 17.0 Å². The highest BCUT2D eigenvalue weighted by Gasteiger charge is 2.23. The maximum absolute atomic E-state index is 12.8. The van der Waals surface area contributed by atoms with Gasteiger partial charge in [-0.15, -0.1) is 0 Å². The third-order valence-electron chi connectivity index (χ3n) is 4.54. The summed E-state index contributed by atoms with van der Waals surface area (Å²) in [7, 11) is 0. The first kappa shape index (κ1) is 21.7. The molecule has 0 bridgehead atoms. The molecule has 1 N–H and O–H groups in total. The van der Waals surface area contributed by atoms with Gasteiger partial charge in [0.05, 0.1) is 36.0 Å². The second kappa shape index (κ2) is 8.93. The predicted molar refractivity (Wildman–Crippen MR) is 118 cm³/mol. The van der Waals surface area contributed by atoms with Gasteiger partial charge < -0.3 is 20.0 Å². The molecule has 4 aromatic rings. The molecule has 11 nitrogen and oxygen atoms in total. The van der Waals surface area contributed by atoms with Gasteiger partial charge >= 0.3 is 5.82 Å². The first-order chi connectivity index (χ1) is 15.3. The lowest BCUT2D eigenvalue weighted by atomic mass is 10.2. The van der Waals surface area contributed by atoms with E-state index >= 15 is 0 Å². The lowest BCUT2D eigenvalue weighted by molar-refractivity contribution is -0.389. The molecule has 1 aromatic carbocycles. The van der Waals surface area contributed by atoms with Crippen LogP contribution >= 0.6 is 27.5 Å². The topological polar surface area (TPSA) is 134 Å². The van der Waals surface area contributed by atoms with Crippen molar-refractivity contribution in [2.45, 2.75) is 20.0 Å². The zero-order valence-corrected chi connectivity index (χ0v) is 18.9. The van der Waals surface area contributed by atoms with Crippen molar-refractivity contribution in [3.63, 3.8) is 0 Å². The number of anilines is 1. The summed E-state index contributed by atoms with van der Waals surface area (Å²) in [6.07, 6.45) is 3.05. The number of nitrogens with zero attached hydrogens (tertiary/aromatic N) is 6. The summed E-state index contributed by atoms with van der Waals surface area (Å²) < 4.78 is 9.06. The molecule has 0 saturated carbocycles. The molecule has 0 saturated heterocycles. The molecule has 0 unspecified atom stereocenters. The summed E-state index contributed by atoms with van der Waals surface area (Å²) in [5.74, 6) is -0.308. The van der Waals surface area contributed by atoms with E-state index in [-0.39, 0.29) is 28.9 Å². The number of hydrogen-bond donors (Lipinski definition) is 1. The minimum atomic E-state index is -0.600. The first-order valence-corrected chi connectivity index (χ1v) is 10.4. The number of carbonyl (C=O) groups is 1. The van der Waals surface area contributed by atoms with Crippen molar-refractivity contribution in [3.8, 4) is 0 Å². The average molecular weight is 521 g/mol. The van der Waals surface area contributed by atoms with Crippen LogP contribution in [-0.2, 0) is 13.1 Å². The van der Waals surface area contributed by atoms with Crippen LogP contribution < -0.4 is 5.32 Å². The van der Waals surface area contributed by atoms with Crippen LogP contribution in [0.25, 0.3) is 0 Å². The van der Waals surface area contributed by atoms with Crippen LogP contribution in [0.3, 0.4) is 0 Å². The van der Waals surface area contributed by atoms with Gasteiger partial charge in [0, 0.05) is 10.7 Å². The van der Waals surface area contributed by atoms with Crippen molar-refractivity contribution < 1.29 is 14.2 Å². The van der Waals surface area contributed by atoms with Gasteiger partial charge in [-0.05, 0) is 29.5 Å². The molecular weight excluding hydrogens is 506 g/mol. The third-order valence-corrected chi connectivity index (χ3v) is 5.35. The number of hydrogen-bond acceptors (Lipinski definition) is 7. The lowest BCUT2D eigenvalue weighted by Crippen LogP contribution is -2.17. The number of aryl methyl sites for hydroxylation is 1. The van der Waals surface area contributed by atoms with Gasteiger partial charge in [0.1, 0.15) is 10.8 Å². The molecule has 1 amide bonds. The van der Waals surface area contributed by atoms with Crippen LogP contribution in [-0.4, -0.2) is 35.5 Å². The van der Waals surface area contributed by atoms with Crippen molar-refractivity contribution >= 4 is 45.1 Å². The number of nitro groups is 1. The van der Waals surface area contributed by atoms with Crippen LogP contribution in [0.5, 0.6) is 0 Å². The van der Waals surface area contributed by atoms with E-state index in [0.29, 0.717) is 17.9 Å². The number of nitrogens with one attached hydrogen (secondary N) is 1. The summed E-state index contributed by atoms with van der Waals surface area (Å²) in [4.78, 5) is 23.1. The normalized spacial score (nSPS) is 11.0. The Balaban J connectivity index is 1.50. The Morgan fingerprint density at radius 2 is 1.97 bits per heavy atom. The fourth-order valence-electron chi connectivity index (χ4n) is 2.96. The SMILES string of the molecule is Cc1onc(C(=O)Nc2nn(Cc3ccc(Br)cc3)cc2Cl)c1Cn1ccc([N+](=O)[O-])n1. The van der Waals surface area contributed by atoms with Crippen LogP contribution in [0.15, 0.2) is 51.7 Å². The second-order valence-corrected chi connectivity index (χ2v) is 8.12. The molecule has 3 heterocycles. The van der Waals surface area contributed by atoms with E-state index in [1.807, 2.05) is 24.3 Å². The highest BCUT2D eigenvalue weighted by molar-refractivity contribution is 9.10. The standard InChI is InChI=1S/C19H15BrClN7O4/c1-11-14(9-26-7-6-16(23-26)28(30)31)17(25-32-11)19(29)22-18-15(21)10-27(24-18)8-12-2-4-13(20)5-3-12/h2-7,10H,8-9H2,1H3,(H,22,24,29). The number of aromatic nitrogens is 5. The van der Waals surface area contributed by atoms with E-state index < -0.39 is 10.8 Å². The van der Waals surface area contributed by atoms with Gasteiger partial charge in [-0.25, -0.2) is 0 Å². The Morgan fingerprint density at radius 1 is 1.22 bits per heavy atom. The Labute approximate surface area is 194 Å². The molecule has 0 aliphatic rings. The van der Waals surface area contributed by atoms with Gasteiger partial charge in [0.15, 0.2) is 11.5 Å². The Bertz CT molecular complexity index is 1300. The molecule has 0 fully saturated rings. The second-order valence-electron chi connectivity index (χ2n) is 6.80. The summed E-state index contributed by atoms with van der Waals surface area (Å²) in [5, 5.41) is 25.7. The summed E-state index contributed by atoms with van der Waals surface area (Å²) >= 11 is 9.64. The monoisotopic (exact) mass is 519 g/mol. The molecule has 0 aliphatic carbocycles. The maximum Gasteiger partial charge on any atom is 0.389 e. The summed E-state index contributed by atoms with van der Waals surface area (Å²) in [5.41, 5.74) is 1.46. The first-order valence-electron chi connectivity index (χ1n) is 9.22. The quantitative estimate of drug-likeness (QED) is 0.287. The number of rotatable bonds is 7. The van der Waals surface area contributed by atoms with Crippen molar-refractivity contribution in [1.29, 1.82) is 0 Å². The van der Waals surface area contributed by atoms with Gasteiger partial charge in [-0.3, -0.25) is 9.48 Å². The largest absolute Gasteiger partial charge is 0.389 e. The van der Waals surface area contributed by atoms with Crippen LogP contribution in [0.1, 0.15) is 27.4 Å². The zero-order chi connectivity index (χ0) is 22.8. The van der Waals surface area contributed by atoms with E-state index in [1.165, 1.54) is 16.9 Å². The fourth-order valence-corrected chi connectivity index (χ4v) is 3.42. The molecule has 0 aliphatic heterocycles. The summed E-state index contributed by atoms with van der Waals surface area (Å²) in [6, 6.07) is 9.00. The third kappa shape index (κ3) is 4.70. The van der Waals surface area contributed by atoms with Crippen molar-refractivity contribution in [2.24, 2.45) is 0 Å². The minimum absolute atomic E-state index is 0.0131. The fraction of sp³-hybridized carbons (Fsp3) is 0.158. The molecule has 0 radical (unpaired) electrons. The summed E-state index contributed by atoms with van der Waals surface area (Å²) in [6.45, 7) is 2.17. The number of carbonyl (C=O) groups excluding carboxylic acids is 1. The molecule has 3 aromatic heterocycles. The van der Waals surface area contributed by atoms with Crippen molar-refractivity contribution in [3.05, 3.63) is 84.9 Å². The van der Waals surface area contributed by atoms with E-state index in [9.17, 15) is 14.9 Å². The molecule has 4 rings (SSSR count). The number of amides is 1. The van der Waals surface area contributed by atoms with Crippen molar-refractivity contribution in [1.82, 2.24) is 24.7 Å². The predicted octanol–water partition coefficient (Wildman–Crippen LogP) is 4.05. The highest BCUT2D eigenvalue weighted by atomic mass is 79.9. The van der Waals surface area contributed by atoms with Crippen LogP contribution in [0.2, 0.25) is 5.02 Å². The van der Waals surface area contributed by atoms with E-state index in [4.69, 9.17) is 16.1 Å². The molecular formula is C19H15BrClN7O4. The van der Waals surface area contributed by atoms with E-state index in [1.54, 1.807) is 17.8 Å². The van der Waals surface area contributed by atoms with Gasteiger partial charge in [0.25, 0.3) is 5.91 Å². The Kier molecular flexibility index (Phi) is 6.06. The van der Waals surface area contributed by atoms with E-state index in [2.05, 4.69) is 36.6 Å². The Hall–Kier alpha value is -3.51. The Morgan fingerprint density at radius 3 is 2.66 bits per heavy atom.